The summed E-state index contributed by atoms with van der Waals surface area (Å²) in [4.78, 5) is 22.5. The van der Waals surface area contributed by atoms with Crippen LogP contribution in [-0.2, 0) is 0 Å². The average molecular weight is 287 g/mol. The zero-order valence-electron chi connectivity index (χ0n) is 11.5. The van der Waals surface area contributed by atoms with Gasteiger partial charge in [-0.3, -0.25) is 5.10 Å². The van der Waals surface area contributed by atoms with E-state index in [2.05, 4.69) is 35.7 Å². The second-order valence-electron chi connectivity index (χ2n) is 4.92. The summed E-state index contributed by atoms with van der Waals surface area (Å²) in [5, 5.41) is 12.1. The van der Waals surface area contributed by atoms with E-state index in [4.69, 9.17) is 0 Å². The van der Waals surface area contributed by atoms with Crippen molar-refractivity contribution >= 4 is 17.7 Å². The van der Waals surface area contributed by atoms with Gasteiger partial charge in [0.05, 0.1) is 11.9 Å². The number of carbonyl (C=O) groups is 1. The van der Waals surface area contributed by atoms with Crippen LogP contribution in [0.3, 0.4) is 0 Å². The van der Waals surface area contributed by atoms with Crippen LogP contribution >= 0.6 is 0 Å². The topological polar surface area (TPSA) is 98.8 Å². The van der Waals surface area contributed by atoms with E-state index in [-0.39, 0.29) is 12.1 Å². The zero-order chi connectivity index (χ0) is 14.5. The Balaban J connectivity index is 1.55. The number of rotatable bonds is 3. The number of aromatic nitrogens is 4. The zero-order valence-corrected chi connectivity index (χ0v) is 11.5. The van der Waals surface area contributed by atoms with Crippen molar-refractivity contribution in [2.45, 2.75) is 18.9 Å². The number of anilines is 2. The molecule has 21 heavy (non-hydrogen) atoms. The van der Waals surface area contributed by atoms with Gasteiger partial charge in [-0.15, -0.1) is 0 Å². The van der Waals surface area contributed by atoms with Crippen molar-refractivity contribution in [2.75, 3.05) is 23.3 Å². The summed E-state index contributed by atoms with van der Waals surface area (Å²) in [5.74, 6) is 0.708. The summed E-state index contributed by atoms with van der Waals surface area (Å²) < 4.78 is 0. The Morgan fingerprint density at radius 3 is 3.00 bits per heavy atom. The lowest BCUT2D eigenvalue weighted by atomic mass is 10.1. The molecule has 3 heterocycles. The molecule has 0 radical (unpaired) electrons. The molecule has 8 nitrogen and oxygen atoms in total. The number of H-pyrrole nitrogens is 1. The van der Waals surface area contributed by atoms with Gasteiger partial charge in [-0.1, -0.05) is 0 Å². The summed E-state index contributed by atoms with van der Waals surface area (Å²) in [6, 6.07) is 1.65. The SMILES string of the molecule is O=C(Nc1cn[nH]c1)NC1CCCN(c2ncccn2)C1. The highest BCUT2D eigenvalue weighted by Gasteiger charge is 2.22. The quantitative estimate of drug-likeness (QED) is 0.782. The standard InChI is InChI=1S/C13H17N7O/c21-13(19-11-7-16-17-8-11)18-10-3-1-6-20(9-10)12-14-4-2-5-15-12/h2,4-5,7-8,10H,1,3,6,9H2,(H,16,17)(H2,18,19,21). The summed E-state index contributed by atoms with van der Waals surface area (Å²) in [5.41, 5.74) is 0.645. The fraction of sp³-hybridized carbons (Fsp3) is 0.385. The van der Waals surface area contributed by atoms with Gasteiger partial charge in [0, 0.05) is 37.7 Å². The van der Waals surface area contributed by atoms with E-state index in [0.29, 0.717) is 18.2 Å². The van der Waals surface area contributed by atoms with Crippen molar-refractivity contribution in [3.63, 3.8) is 0 Å². The minimum Gasteiger partial charge on any atom is -0.339 e. The van der Waals surface area contributed by atoms with E-state index in [0.717, 1.165) is 19.4 Å². The van der Waals surface area contributed by atoms with Gasteiger partial charge in [0.1, 0.15) is 0 Å². The monoisotopic (exact) mass is 287 g/mol. The molecule has 0 aromatic carbocycles. The number of nitrogens with one attached hydrogen (secondary N) is 3. The van der Waals surface area contributed by atoms with Gasteiger partial charge in [0.2, 0.25) is 5.95 Å². The van der Waals surface area contributed by atoms with Crippen LogP contribution < -0.4 is 15.5 Å². The smallest absolute Gasteiger partial charge is 0.319 e. The second kappa shape index (κ2) is 6.21. The van der Waals surface area contributed by atoms with Crippen molar-refractivity contribution in [1.29, 1.82) is 0 Å². The normalized spacial score (nSPS) is 18.3. The van der Waals surface area contributed by atoms with Gasteiger partial charge in [0.15, 0.2) is 0 Å². The highest BCUT2D eigenvalue weighted by atomic mass is 16.2. The summed E-state index contributed by atoms with van der Waals surface area (Å²) >= 11 is 0. The predicted octanol–water partition coefficient (Wildman–Crippen LogP) is 0.990. The van der Waals surface area contributed by atoms with Gasteiger partial charge in [0.25, 0.3) is 0 Å². The molecule has 8 heteroatoms. The molecule has 0 bridgehead atoms. The third-order valence-electron chi connectivity index (χ3n) is 3.35. The fourth-order valence-corrected chi connectivity index (χ4v) is 2.40. The van der Waals surface area contributed by atoms with Crippen molar-refractivity contribution in [2.24, 2.45) is 0 Å². The maximum absolute atomic E-state index is 11.9. The minimum atomic E-state index is -0.225. The largest absolute Gasteiger partial charge is 0.339 e. The number of piperidine rings is 1. The highest BCUT2D eigenvalue weighted by Crippen LogP contribution is 2.15. The molecule has 1 atom stereocenters. The second-order valence-corrected chi connectivity index (χ2v) is 4.92. The lowest BCUT2D eigenvalue weighted by molar-refractivity contribution is 0.246. The van der Waals surface area contributed by atoms with E-state index < -0.39 is 0 Å². The summed E-state index contributed by atoms with van der Waals surface area (Å²) in [6.45, 7) is 1.62. The molecular formula is C13H17N7O. The van der Waals surface area contributed by atoms with Crippen molar-refractivity contribution in [3.8, 4) is 0 Å². The minimum absolute atomic E-state index is 0.0782. The molecular weight excluding hydrogens is 270 g/mol. The molecule has 2 amide bonds. The first-order valence-electron chi connectivity index (χ1n) is 6.89. The van der Waals surface area contributed by atoms with Gasteiger partial charge in [-0.05, 0) is 18.9 Å². The first kappa shape index (κ1) is 13.3. The number of hydrogen-bond acceptors (Lipinski definition) is 5. The predicted molar refractivity (Wildman–Crippen MR) is 78.0 cm³/mol. The van der Waals surface area contributed by atoms with Crippen LogP contribution in [0.25, 0.3) is 0 Å². The number of amides is 2. The summed E-state index contributed by atoms with van der Waals surface area (Å²) in [7, 11) is 0. The Morgan fingerprint density at radius 1 is 1.38 bits per heavy atom. The van der Waals surface area contributed by atoms with E-state index >= 15 is 0 Å². The van der Waals surface area contributed by atoms with Crippen molar-refractivity contribution in [1.82, 2.24) is 25.5 Å². The van der Waals surface area contributed by atoms with Crippen LogP contribution in [-0.4, -0.2) is 45.3 Å². The Hall–Kier alpha value is -2.64. The van der Waals surface area contributed by atoms with Crippen LogP contribution in [0.5, 0.6) is 0 Å². The van der Waals surface area contributed by atoms with Gasteiger partial charge >= 0.3 is 6.03 Å². The third kappa shape index (κ3) is 3.47. The number of carbonyl (C=O) groups excluding carboxylic acids is 1. The molecule has 1 aliphatic heterocycles. The molecule has 3 N–H and O–H groups in total. The van der Waals surface area contributed by atoms with E-state index in [9.17, 15) is 4.79 Å². The molecule has 0 aliphatic carbocycles. The number of nitrogens with zero attached hydrogens (tertiary/aromatic N) is 4. The van der Waals surface area contributed by atoms with Gasteiger partial charge in [-0.25, -0.2) is 14.8 Å². The lowest BCUT2D eigenvalue weighted by Crippen LogP contribution is -2.49. The third-order valence-corrected chi connectivity index (χ3v) is 3.35. The van der Waals surface area contributed by atoms with E-state index in [1.807, 2.05) is 0 Å². The number of urea groups is 1. The first-order chi connectivity index (χ1) is 10.3. The van der Waals surface area contributed by atoms with Gasteiger partial charge < -0.3 is 15.5 Å². The van der Waals surface area contributed by atoms with Crippen LogP contribution in [0.15, 0.2) is 30.9 Å². The Bertz CT molecular complexity index is 571. The molecule has 110 valence electrons. The Labute approximate surface area is 122 Å². The summed E-state index contributed by atoms with van der Waals surface area (Å²) in [6.07, 6.45) is 8.59. The number of aromatic amines is 1. The van der Waals surface area contributed by atoms with Crippen LogP contribution in [0.2, 0.25) is 0 Å². The lowest BCUT2D eigenvalue weighted by Gasteiger charge is -2.32. The highest BCUT2D eigenvalue weighted by molar-refractivity contribution is 5.89. The van der Waals surface area contributed by atoms with Crippen LogP contribution in [0.1, 0.15) is 12.8 Å². The molecule has 1 aliphatic rings. The molecule has 0 spiro atoms. The van der Waals surface area contributed by atoms with Crippen molar-refractivity contribution in [3.05, 3.63) is 30.9 Å². The van der Waals surface area contributed by atoms with Crippen molar-refractivity contribution < 1.29 is 4.79 Å². The Kier molecular flexibility index (Phi) is 3.95. The van der Waals surface area contributed by atoms with Gasteiger partial charge in [-0.2, -0.15) is 5.10 Å². The molecule has 2 aromatic rings. The molecule has 2 aromatic heterocycles. The van der Waals surface area contributed by atoms with Crippen LogP contribution in [0, 0.1) is 0 Å². The Morgan fingerprint density at radius 2 is 2.24 bits per heavy atom. The van der Waals surface area contributed by atoms with Crippen LogP contribution in [0.4, 0.5) is 16.4 Å². The van der Waals surface area contributed by atoms with E-state index in [1.54, 1.807) is 30.9 Å². The molecule has 1 saturated heterocycles. The fourth-order valence-electron chi connectivity index (χ4n) is 2.40. The first-order valence-corrected chi connectivity index (χ1v) is 6.89. The average Bonchev–Trinajstić information content (AvgIpc) is 3.01. The molecule has 3 rings (SSSR count). The maximum Gasteiger partial charge on any atom is 0.319 e. The molecule has 1 fully saturated rings. The maximum atomic E-state index is 11.9. The molecule has 1 unspecified atom stereocenters. The van der Waals surface area contributed by atoms with E-state index in [1.165, 1.54) is 0 Å². The molecule has 0 saturated carbocycles. The number of hydrogen-bond donors (Lipinski definition) is 3.